The van der Waals surface area contributed by atoms with Gasteiger partial charge in [-0.2, -0.15) is 0 Å². The summed E-state index contributed by atoms with van der Waals surface area (Å²) in [5.74, 6) is -0.111. The second-order valence-corrected chi connectivity index (χ2v) is 5.67. The van der Waals surface area contributed by atoms with E-state index in [-0.39, 0.29) is 5.91 Å². The molecule has 1 aliphatic heterocycles. The van der Waals surface area contributed by atoms with E-state index in [0.717, 1.165) is 18.2 Å². The highest BCUT2D eigenvalue weighted by molar-refractivity contribution is 5.97. The van der Waals surface area contributed by atoms with E-state index in [0.29, 0.717) is 30.1 Å². The van der Waals surface area contributed by atoms with Crippen LogP contribution in [-0.2, 0) is 0 Å². The van der Waals surface area contributed by atoms with Crippen molar-refractivity contribution in [2.24, 2.45) is 0 Å². The lowest BCUT2D eigenvalue weighted by Crippen LogP contribution is -2.48. The third kappa shape index (κ3) is 2.27. The van der Waals surface area contributed by atoms with Crippen LogP contribution in [-0.4, -0.2) is 44.7 Å². The Kier molecular flexibility index (Phi) is 2.97. The van der Waals surface area contributed by atoms with E-state index < -0.39 is 5.60 Å². The number of fused-ring (bicyclic) bond motifs is 1. The number of carbonyl (C=O) groups is 1. The summed E-state index contributed by atoms with van der Waals surface area (Å²) in [4.78, 5) is 18.3. The van der Waals surface area contributed by atoms with Crippen molar-refractivity contribution in [3.05, 3.63) is 23.5 Å². The molecule has 0 saturated carbocycles. The number of pyridine rings is 1. The molecule has 1 amide bonds. The molecule has 6 nitrogen and oxygen atoms in total. The van der Waals surface area contributed by atoms with Gasteiger partial charge in [-0.15, -0.1) is 0 Å². The van der Waals surface area contributed by atoms with E-state index in [1.165, 1.54) is 6.20 Å². The van der Waals surface area contributed by atoms with Gasteiger partial charge < -0.3 is 14.5 Å². The van der Waals surface area contributed by atoms with Gasteiger partial charge in [-0.05, 0) is 32.8 Å². The number of nitrogens with zero attached hydrogens (tertiary/aromatic N) is 3. The quantitative estimate of drug-likeness (QED) is 0.853. The van der Waals surface area contributed by atoms with Crippen LogP contribution in [0.2, 0.25) is 0 Å². The fraction of sp³-hybridized carbons (Fsp3) is 0.500. The lowest BCUT2D eigenvalue weighted by Gasteiger charge is -2.36. The third-order valence-corrected chi connectivity index (χ3v) is 3.72. The molecule has 1 saturated heterocycles. The zero-order valence-electron chi connectivity index (χ0n) is 11.6. The van der Waals surface area contributed by atoms with Gasteiger partial charge in [0.1, 0.15) is 0 Å². The van der Waals surface area contributed by atoms with Crippen LogP contribution in [0.15, 0.2) is 16.8 Å². The number of likely N-dealkylation sites (tertiary alicyclic amines) is 1. The van der Waals surface area contributed by atoms with Crippen molar-refractivity contribution in [3.63, 3.8) is 0 Å². The number of carbonyl (C=O) groups excluding carboxylic acids is 1. The van der Waals surface area contributed by atoms with Gasteiger partial charge in [-0.25, -0.2) is 4.98 Å². The summed E-state index contributed by atoms with van der Waals surface area (Å²) in [6, 6.07) is 1.75. The standard InChI is InChI=1S/C14H17N3O3/c1-9-11-6-10(7-15-12(11)20-16-9)13(18)17-5-3-4-14(2,19)8-17/h6-7,19H,3-5,8H2,1-2H3. The molecule has 1 aliphatic rings. The minimum atomic E-state index is -0.807. The largest absolute Gasteiger partial charge is 0.388 e. The molecule has 3 heterocycles. The van der Waals surface area contributed by atoms with Crippen LogP contribution in [0.1, 0.15) is 35.8 Å². The van der Waals surface area contributed by atoms with Crippen molar-refractivity contribution in [1.82, 2.24) is 15.0 Å². The Hall–Kier alpha value is -1.95. The third-order valence-electron chi connectivity index (χ3n) is 3.72. The average Bonchev–Trinajstić information content (AvgIpc) is 2.78. The monoisotopic (exact) mass is 275 g/mol. The van der Waals surface area contributed by atoms with Gasteiger partial charge in [-0.1, -0.05) is 5.16 Å². The molecule has 2 aromatic heterocycles. The Labute approximate surface area is 116 Å². The SMILES string of the molecule is Cc1noc2ncc(C(=O)N3CCCC(C)(O)C3)cc12. The average molecular weight is 275 g/mol. The molecule has 0 aromatic carbocycles. The van der Waals surface area contributed by atoms with Crippen LogP contribution in [0, 0.1) is 6.92 Å². The van der Waals surface area contributed by atoms with Gasteiger partial charge in [-0.3, -0.25) is 4.79 Å². The van der Waals surface area contributed by atoms with Gasteiger partial charge in [0.2, 0.25) is 0 Å². The van der Waals surface area contributed by atoms with Crippen molar-refractivity contribution in [3.8, 4) is 0 Å². The van der Waals surface area contributed by atoms with Crippen molar-refractivity contribution < 1.29 is 14.4 Å². The molecular formula is C14H17N3O3. The summed E-state index contributed by atoms with van der Waals surface area (Å²) in [5, 5.41) is 14.7. The van der Waals surface area contributed by atoms with E-state index in [2.05, 4.69) is 10.1 Å². The molecule has 0 radical (unpaired) electrons. The Morgan fingerprint density at radius 1 is 1.55 bits per heavy atom. The first-order valence-corrected chi connectivity index (χ1v) is 6.70. The number of rotatable bonds is 1. The second-order valence-electron chi connectivity index (χ2n) is 5.67. The minimum Gasteiger partial charge on any atom is -0.388 e. The Balaban J connectivity index is 1.90. The molecule has 1 N–H and O–H groups in total. The maximum atomic E-state index is 12.5. The predicted octanol–water partition coefficient (Wildman–Crippen LogP) is 1.52. The highest BCUT2D eigenvalue weighted by atomic mass is 16.5. The van der Waals surface area contributed by atoms with E-state index >= 15 is 0 Å². The molecule has 2 aromatic rings. The molecule has 0 spiro atoms. The zero-order valence-corrected chi connectivity index (χ0v) is 11.6. The molecule has 0 aliphatic carbocycles. The van der Waals surface area contributed by atoms with Crippen LogP contribution in [0.3, 0.4) is 0 Å². The molecule has 0 bridgehead atoms. The first kappa shape index (κ1) is 13.1. The van der Waals surface area contributed by atoms with E-state index in [9.17, 15) is 9.90 Å². The molecule has 1 unspecified atom stereocenters. The van der Waals surface area contributed by atoms with Crippen molar-refractivity contribution in [1.29, 1.82) is 0 Å². The number of aryl methyl sites for hydroxylation is 1. The summed E-state index contributed by atoms with van der Waals surface area (Å²) < 4.78 is 5.04. The minimum absolute atomic E-state index is 0.111. The molecule has 6 heteroatoms. The van der Waals surface area contributed by atoms with E-state index in [1.54, 1.807) is 17.9 Å². The maximum Gasteiger partial charge on any atom is 0.257 e. The van der Waals surface area contributed by atoms with E-state index in [4.69, 9.17) is 4.52 Å². The molecular weight excluding hydrogens is 258 g/mol. The summed E-state index contributed by atoms with van der Waals surface area (Å²) >= 11 is 0. The number of hydrogen-bond acceptors (Lipinski definition) is 5. The first-order valence-electron chi connectivity index (χ1n) is 6.70. The number of aromatic nitrogens is 2. The molecule has 3 rings (SSSR count). The van der Waals surface area contributed by atoms with Crippen LogP contribution in [0.25, 0.3) is 11.1 Å². The van der Waals surface area contributed by atoms with Crippen LogP contribution in [0.4, 0.5) is 0 Å². The fourth-order valence-corrected chi connectivity index (χ4v) is 2.64. The van der Waals surface area contributed by atoms with Gasteiger partial charge in [0.05, 0.1) is 22.2 Å². The summed E-state index contributed by atoms with van der Waals surface area (Å²) in [6.45, 7) is 4.59. The highest BCUT2D eigenvalue weighted by Gasteiger charge is 2.31. The van der Waals surface area contributed by atoms with Crippen molar-refractivity contribution >= 4 is 17.0 Å². The number of aliphatic hydroxyl groups is 1. The number of β-amino-alcohol motifs (C(OH)–C–C–N with tert-alkyl or cyclic N) is 1. The smallest absolute Gasteiger partial charge is 0.257 e. The number of hydrogen-bond donors (Lipinski definition) is 1. The lowest BCUT2D eigenvalue weighted by atomic mass is 9.95. The van der Waals surface area contributed by atoms with Crippen molar-refractivity contribution in [2.45, 2.75) is 32.3 Å². The summed E-state index contributed by atoms with van der Waals surface area (Å²) in [5.41, 5.74) is 0.845. The zero-order chi connectivity index (χ0) is 14.3. The summed E-state index contributed by atoms with van der Waals surface area (Å²) in [6.07, 6.45) is 3.03. The lowest BCUT2D eigenvalue weighted by molar-refractivity contribution is -0.0107. The highest BCUT2D eigenvalue weighted by Crippen LogP contribution is 2.23. The van der Waals surface area contributed by atoms with Crippen LogP contribution >= 0.6 is 0 Å². The Bertz CT molecular complexity index is 663. The Morgan fingerprint density at radius 3 is 3.10 bits per heavy atom. The number of amides is 1. The van der Waals surface area contributed by atoms with Gasteiger partial charge in [0, 0.05) is 19.3 Å². The fourth-order valence-electron chi connectivity index (χ4n) is 2.64. The maximum absolute atomic E-state index is 12.5. The van der Waals surface area contributed by atoms with E-state index in [1.807, 2.05) is 6.92 Å². The molecule has 1 atom stereocenters. The van der Waals surface area contributed by atoms with Gasteiger partial charge in [0.15, 0.2) is 0 Å². The second kappa shape index (κ2) is 4.56. The Morgan fingerprint density at radius 2 is 2.35 bits per heavy atom. The van der Waals surface area contributed by atoms with Gasteiger partial charge in [0.25, 0.3) is 11.6 Å². The van der Waals surface area contributed by atoms with Crippen LogP contribution < -0.4 is 0 Å². The van der Waals surface area contributed by atoms with Crippen molar-refractivity contribution in [2.75, 3.05) is 13.1 Å². The topological polar surface area (TPSA) is 79.5 Å². The normalized spacial score (nSPS) is 23.2. The van der Waals surface area contributed by atoms with Crippen LogP contribution in [0.5, 0.6) is 0 Å². The predicted molar refractivity (Wildman–Crippen MR) is 72.3 cm³/mol. The van der Waals surface area contributed by atoms with Gasteiger partial charge >= 0.3 is 0 Å². The molecule has 106 valence electrons. The summed E-state index contributed by atoms with van der Waals surface area (Å²) in [7, 11) is 0. The molecule has 1 fully saturated rings. The first-order chi connectivity index (χ1) is 9.46. The molecule has 20 heavy (non-hydrogen) atoms. The number of piperidine rings is 1.